The van der Waals surface area contributed by atoms with Gasteiger partial charge in [-0.25, -0.2) is 0 Å². The molecule has 0 aromatic rings. The van der Waals surface area contributed by atoms with Gasteiger partial charge in [-0.05, 0) is 77.0 Å². The van der Waals surface area contributed by atoms with E-state index in [1.165, 1.54) is 116 Å². The van der Waals surface area contributed by atoms with Gasteiger partial charge in [-0.2, -0.15) is 0 Å². The Kier molecular flexibility index (Phi) is 48.9. The Morgan fingerprint density at radius 1 is 0.333 bits per heavy atom. The molecule has 0 unspecified atom stereocenters. The molecule has 0 N–H and O–H groups in total. The number of hydrogen-bond acceptors (Lipinski definition) is 6. The number of rotatable bonds is 47. The molecule has 0 rings (SSSR count). The molecule has 0 saturated carbocycles. The Bertz CT molecular complexity index is 1190. The molecule has 0 fully saturated rings. The molecule has 0 saturated heterocycles. The van der Waals surface area contributed by atoms with E-state index >= 15 is 0 Å². The van der Waals surface area contributed by atoms with Crippen LogP contribution in [0.4, 0.5) is 0 Å². The molecule has 63 heavy (non-hydrogen) atoms. The first-order valence-corrected chi connectivity index (χ1v) is 26.4. The lowest BCUT2D eigenvalue weighted by atomic mass is 10.0. The Balaban J connectivity index is 4.43. The zero-order valence-corrected chi connectivity index (χ0v) is 41.3. The van der Waals surface area contributed by atoms with Crippen molar-refractivity contribution in [1.82, 2.24) is 0 Å². The van der Waals surface area contributed by atoms with Crippen LogP contribution in [-0.4, -0.2) is 37.2 Å². The van der Waals surface area contributed by atoms with Gasteiger partial charge in [0, 0.05) is 19.3 Å². The molecule has 0 radical (unpaired) electrons. The highest BCUT2D eigenvalue weighted by atomic mass is 16.6. The second-order valence-electron chi connectivity index (χ2n) is 17.4. The predicted octanol–water partition coefficient (Wildman–Crippen LogP) is 17.4. The lowest BCUT2D eigenvalue weighted by Gasteiger charge is -2.18. The molecule has 0 aromatic heterocycles. The van der Waals surface area contributed by atoms with Crippen LogP contribution in [0.5, 0.6) is 0 Å². The number of allylic oxidation sites excluding steroid dienone is 12. The fraction of sp³-hybridized carbons (Fsp3) is 0.737. The fourth-order valence-electron chi connectivity index (χ4n) is 7.22. The summed E-state index contributed by atoms with van der Waals surface area (Å²) in [5.74, 6) is -0.961. The Labute approximate surface area is 389 Å². The first-order valence-electron chi connectivity index (χ1n) is 26.4. The number of carbonyl (C=O) groups excluding carboxylic acids is 3. The van der Waals surface area contributed by atoms with Crippen molar-refractivity contribution in [3.8, 4) is 0 Å². The molecule has 0 aromatic carbocycles. The first-order chi connectivity index (χ1) is 31.0. The van der Waals surface area contributed by atoms with Gasteiger partial charge in [-0.1, -0.05) is 229 Å². The van der Waals surface area contributed by atoms with Crippen molar-refractivity contribution in [1.29, 1.82) is 0 Å². The van der Waals surface area contributed by atoms with E-state index in [4.69, 9.17) is 14.2 Å². The van der Waals surface area contributed by atoms with E-state index in [1.54, 1.807) is 0 Å². The largest absolute Gasteiger partial charge is 0.462 e. The van der Waals surface area contributed by atoms with E-state index in [2.05, 4.69) is 93.7 Å². The van der Waals surface area contributed by atoms with Crippen molar-refractivity contribution >= 4 is 17.9 Å². The lowest BCUT2D eigenvalue weighted by molar-refractivity contribution is -0.167. The summed E-state index contributed by atoms with van der Waals surface area (Å²) < 4.78 is 16.7. The predicted molar refractivity (Wildman–Crippen MR) is 270 cm³/mol. The highest BCUT2D eigenvalue weighted by molar-refractivity contribution is 5.71. The van der Waals surface area contributed by atoms with Gasteiger partial charge >= 0.3 is 17.9 Å². The van der Waals surface area contributed by atoms with Gasteiger partial charge in [0.05, 0.1) is 0 Å². The summed E-state index contributed by atoms with van der Waals surface area (Å²) in [6.07, 6.45) is 64.7. The van der Waals surface area contributed by atoms with Crippen molar-refractivity contribution in [2.45, 2.75) is 258 Å². The van der Waals surface area contributed by atoms with Gasteiger partial charge in [0.2, 0.25) is 0 Å². The van der Waals surface area contributed by atoms with Gasteiger partial charge in [0.25, 0.3) is 0 Å². The standard InChI is InChI=1S/C57H98O6/c1-4-7-10-13-16-19-22-24-26-28-30-32-35-38-41-44-47-50-56(59)62-53-54(52-61-55(58)49-46-43-40-37-34-21-18-15-12-9-6-3)63-57(60)51-48-45-42-39-36-33-31-29-27-25-23-20-17-14-11-8-5-2/h7,10,15-16,18-19,24,26,30,32,38,41,54H,4-6,8-9,11-14,17,20-23,25,27-29,31,33-37,39-40,42-53H2,1-3H3/b10-7-,18-15-,19-16-,26-24-,32-30-,41-38-/t54-/m1/s1. The lowest BCUT2D eigenvalue weighted by Crippen LogP contribution is -2.30. The summed E-state index contributed by atoms with van der Waals surface area (Å²) in [4.78, 5) is 38.0. The second-order valence-corrected chi connectivity index (χ2v) is 17.4. The number of hydrogen-bond donors (Lipinski definition) is 0. The molecule has 0 aliphatic heterocycles. The summed E-state index contributed by atoms with van der Waals surface area (Å²) in [6, 6.07) is 0. The third-order valence-corrected chi connectivity index (χ3v) is 11.2. The minimum atomic E-state index is -0.799. The van der Waals surface area contributed by atoms with Crippen LogP contribution in [0.2, 0.25) is 0 Å². The minimum Gasteiger partial charge on any atom is -0.462 e. The number of unbranched alkanes of at least 4 members (excludes halogenated alkanes) is 24. The SMILES string of the molecule is CC/C=C\C/C=C\C/C=C\C/C=C\C/C=C\CCCC(=O)OC[C@@H](COC(=O)CCCCCCC/C=C\CCCC)OC(=O)CCCCCCCCCCCCCCCCCCC. The number of esters is 3. The van der Waals surface area contributed by atoms with Gasteiger partial charge in [-0.3, -0.25) is 14.4 Å². The third-order valence-electron chi connectivity index (χ3n) is 11.2. The highest BCUT2D eigenvalue weighted by Gasteiger charge is 2.19. The summed E-state index contributed by atoms with van der Waals surface area (Å²) in [6.45, 7) is 6.44. The molecule has 6 nitrogen and oxygen atoms in total. The van der Waals surface area contributed by atoms with E-state index in [1.807, 2.05) is 0 Å². The second kappa shape index (κ2) is 51.5. The molecule has 0 amide bonds. The monoisotopic (exact) mass is 879 g/mol. The maximum absolute atomic E-state index is 12.8. The van der Waals surface area contributed by atoms with Crippen LogP contribution in [0.15, 0.2) is 72.9 Å². The maximum Gasteiger partial charge on any atom is 0.306 e. The van der Waals surface area contributed by atoms with Crippen LogP contribution in [0.1, 0.15) is 252 Å². The zero-order chi connectivity index (χ0) is 45.8. The van der Waals surface area contributed by atoms with Gasteiger partial charge in [-0.15, -0.1) is 0 Å². The summed E-state index contributed by atoms with van der Waals surface area (Å²) in [7, 11) is 0. The van der Waals surface area contributed by atoms with Crippen LogP contribution >= 0.6 is 0 Å². The van der Waals surface area contributed by atoms with E-state index in [0.29, 0.717) is 19.3 Å². The normalized spacial score (nSPS) is 12.6. The Morgan fingerprint density at radius 3 is 1.10 bits per heavy atom. The van der Waals surface area contributed by atoms with Crippen LogP contribution < -0.4 is 0 Å². The van der Waals surface area contributed by atoms with Crippen molar-refractivity contribution < 1.29 is 28.6 Å². The third kappa shape index (κ3) is 49.7. The van der Waals surface area contributed by atoms with Gasteiger partial charge in [0.15, 0.2) is 6.10 Å². The van der Waals surface area contributed by atoms with Crippen molar-refractivity contribution in [2.75, 3.05) is 13.2 Å². The maximum atomic E-state index is 12.8. The topological polar surface area (TPSA) is 78.9 Å². The summed E-state index contributed by atoms with van der Waals surface area (Å²) in [5, 5.41) is 0. The molecule has 0 aliphatic carbocycles. The van der Waals surface area contributed by atoms with Crippen LogP contribution in [0, 0.1) is 0 Å². The number of carbonyl (C=O) groups is 3. The molecular weight excluding hydrogens is 781 g/mol. The molecule has 0 spiro atoms. The summed E-state index contributed by atoms with van der Waals surface area (Å²) in [5.41, 5.74) is 0. The average molecular weight is 879 g/mol. The van der Waals surface area contributed by atoms with E-state index in [-0.39, 0.29) is 37.5 Å². The van der Waals surface area contributed by atoms with Crippen LogP contribution in [0.3, 0.4) is 0 Å². The molecule has 6 heteroatoms. The van der Waals surface area contributed by atoms with Crippen LogP contribution in [0.25, 0.3) is 0 Å². The van der Waals surface area contributed by atoms with Gasteiger partial charge < -0.3 is 14.2 Å². The highest BCUT2D eigenvalue weighted by Crippen LogP contribution is 2.15. The van der Waals surface area contributed by atoms with E-state index in [0.717, 1.165) is 89.9 Å². The van der Waals surface area contributed by atoms with E-state index in [9.17, 15) is 14.4 Å². The smallest absolute Gasteiger partial charge is 0.306 e. The molecule has 1 atom stereocenters. The summed E-state index contributed by atoms with van der Waals surface area (Å²) >= 11 is 0. The van der Waals surface area contributed by atoms with Crippen molar-refractivity contribution in [2.24, 2.45) is 0 Å². The Morgan fingerprint density at radius 2 is 0.651 bits per heavy atom. The molecule has 0 heterocycles. The molecule has 0 bridgehead atoms. The molecule has 362 valence electrons. The fourth-order valence-corrected chi connectivity index (χ4v) is 7.22. The first kappa shape index (κ1) is 59.9. The Hall–Kier alpha value is -3.15. The van der Waals surface area contributed by atoms with E-state index < -0.39 is 6.10 Å². The quantitative estimate of drug-likeness (QED) is 0.0262. The molecular formula is C57H98O6. The average Bonchev–Trinajstić information content (AvgIpc) is 3.28. The molecule has 0 aliphatic rings. The number of ether oxygens (including phenoxy) is 3. The van der Waals surface area contributed by atoms with Crippen LogP contribution in [-0.2, 0) is 28.6 Å². The zero-order valence-electron chi connectivity index (χ0n) is 41.3. The van der Waals surface area contributed by atoms with Crippen molar-refractivity contribution in [3.05, 3.63) is 72.9 Å². The van der Waals surface area contributed by atoms with Gasteiger partial charge in [0.1, 0.15) is 13.2 Å². The minimum absolute atomic E-state index is 0.0959. The van der Waals surface area contributed by atoms with Crippen molar-refractivity contribution in [3.63, 3.8) is 0 Å².